The van der Waals surface area contributed by atoms with E-state index in [1.165, 1.54) is 12.8 Å². The first-order valence-electron chi connectivity index (χ1n) is 6.64. The Hall–Kier alpha value is -0.680. The first-order chi connectivity index (χ1) is 8.84. The zero-order valence-electron chi connectivity index (χ0n) is 11.4. The molecule has 0 saturated heterocycles. The molecule has 19 heavy (non-hydrogen) atoms. The van der Waals surface area contributed by atoms with Crippen LogP contribution in [0.4, 0.5) is 0 Å². The topological polar surface area (TPSA) is 54.9 Å². The number of carbonyl (C=O) groups is 1. The maximum atomic E-state index is 12.2. The second kappa shape index (κ2) is 4.16. The highest BCUT2D eigenvalue weighted by Gasteiger charge is 2.61. The highest BCUT2D eigenvalue weighted by atomic mass is 35.5. The molecule has 1 aromatic heterocycles. The van der Waals surface area contributed by atoms with Gasteiger partial charge in [0.25, 0.3) is 5.91 Å². The van der Waals surface area contributed by atoms with E-state index in [9.17, 15) is 4.79 Å². The molecule has 1 heterocycles. The van der Waals surface area contributed by atoms with Gasteiger partial charge in [0.15, 0.2) is 0 Å². The Morgan fingerprint density at radius 3 is 2.63 bits per heavy atom. The van der Waals surface area contributed by atoms with Gasteiger partial charge in [-0.1, -0.05) is 32.1 Å². The molecule has 0 spiro atoms. The lowest BCUT2D eigenvalue weighted by molar-refractivity contribution is 0.0825. The van der Waals surface area contributed by atoms with Crippen LogP contribution in [0.3, 0.4) is 0 Å². The summed E-state index contributed by atoms with van der Waals surface area (Å²) in [7, 11) is 0. The number of carbonyl (C=O) groups excluding carboxylic acids is 1. The van der Waals surface area contributed by atoms with Crippen molar-refractivity contribution in [2.24, 2.45) is 16.7 Å². The van der Waals surface area contributed by atoms with E-state index in [0.717, 1.165) is 17.8 Å². The van der Waals surface area contributed by atoms with E-state index in [1.54, 1.807) is 0 Å². The summed E-state index contributed by atoms with van der Waals surface area (Å²) in [5.74, 6) is 0.569. The minimum absolute atomic E-state index is 0.140. The molecule has 0 aliphatic heterocycles. The van der Waals surface area contributed by atoms with Gasteiger partial charge in [-0.15, -0.1) is 10.2 Å². The molecule has 4 nitrogen and oxygen atoms in total. The number of hydrogen-bond acceptors (Lipinski definition) is 4. The Bertz CT molecular complexity index is 530. The number of halogens is 1. The summed E-state index contributed by atoms with van der Waals surface area (Å²) in [5, 5.41) is 11.0. The summed E-state index contributed by atoms with van der Waals surface area (Å²) in [6, 6.07) is 0.233. The molecule has 2 fully saturated rings. The van der Waals surface area contributed by atoms with Crippen molar-refractivity contribution in [3.8, 4) is 0 Å². The normalized spacial score (nSPS) is 35.6. The van der Waals surface area contributed by atoms with Crippen molar-refractivity contribution < 1.29 is 4.79 Å². The summed E-state index contributed by atoms with van der Waals surface area (Å²) in [5.41, 5.74) is 0.478. The van der Waals surface area contributed by atoms with E-state index in [2.05, 4.69) is 36.3 Å². The van der Waals surface area contributed by atoms with Gasteiger partial charge in [0, 0.05) is 6.04 Å². The van der Waals surface area contributed by atoms with Crippen molar-refractivity contribution in [1.82, 2.24) is 15.5 Å². The van der Waals surface area contributed by atoms with Crippen LogP contribution in [-0.4, -0.2) is 22.1 Å². The van der Waals surface area contributed by atoms with Crippen LogP contribution >= 0.6 is 22.9 Å². The molecule has 3 atom stereocenters. The predicted octanol–water partition coefficient (Wildman–Crippen LogP) is 3.14. The number of fused-ring (bicyclic) bond motifs is 2. The molecule has 2 bridgehead atoms. The third kappa shape index (κ3) is 1.82. The number of aromatic nitrogens is 2. The van der Waals surface area contributed by atoms with Crippen molar-refractivity contribution in [1.29, 1.82) is 0 Å². The largest absolute Gasteiger partial charge is 0.347 e. The van der Waals surface area contributed by atoms with Gasteiger partial charge < -0.3 is 5.32 Å². The molecule has 3 unspecified atom stereocenters. The van der Waals surface area contributed by atoms with E-state index >= 15 is 0 Å². The standard InChI is InChI=1S/C13H18ClN3OS/c1-12(2)7-4-5-13(12,3)8(6-7)15-9(18)10-16-17-11(14)19-10/h7-8H,4-6H2,1-3H3,(H,15,18). The molecular weight excluding hydrogens is 282 g/mol. The number of hydrogen-bond donors (Lipinski definition) is 1. The molecule has 3 rings (SSSR count). The van der Waals surface area contributed by atoms with Crippen molar-refractivity contribution in [3.63, 3.8) is 0 Å². The molecule has 0 aromatic carbocycles. The number of nitrogens with one attached hydrogen (secondary N) is 1. The van der Waals surface area contributed by atoms with Gasteiger partial charge in [-0.2, -0.15) is 0 Å². The van der Waals surface area contributed by atoms with Gasteiger partial charge in [0.2, 0.25) is 9.47 Å². The minimum Gasteiger partial charge on any atom is -0.347 e. The van der Waals surface area contributed by atoms with Crippen LogP contribution in [0.15, 0.2) is 0 Å². The van der Waals surface area contributed by atoms with Gasteiger partial charge in [-0.25, -0.2) is 0 Å². The lowest BCUT2D eigenvalue weighted by Gasteiger charge is -2.39. The van der Waals surface area contributed by atoms with Crippen LogP contribution in [0.2, 0.25) is 4.47 Å². The van der Waals surface area contributed by atoms with Gasteiger partial charge >= 0.3 is 0 Å². The van der Waals surface area contributed by atoms with Gasteiger partial charge in [0.1, 0.15) is 0 Å². The Balaban J connectivity index is 1.77. The van der Waals surface area contributed by atoms with Crippen molar-refractivity contribution in [2.75, 3.05) is 0 Å². The Morgan fingerprint density at radius 1 is 1.42 bits per heavy atom. The fraction of sp³-hybridized carbons (Fsp3) is 0.769. The molecule has 6 heteroatoms. The molecule has 1 amide bonds. The maximum Gasteiger partial charge on any atom is 0.282 e. The van der Waals surface area contributed by atoms with Crippen molar-refractivity contribution in [3.05, 3.63) is 9.47 Å². The second-order valence-corrected chi connectivity index (χ2v) is 8.06. The average molecular weight is 300 g/mol. The number of nitrogens with zero attached hydrogens (tertiary/aromatic N) is 2. The van der Waals surface area contributed by atoms with Crippen molar-refractivity contribution >= 4 is 28.8 Å². The van der Waals surface area contributed by atoms with E-state index in [0.29, 0.717) is 20.8 Å². The van der Waals surface area contributed by atoms with Crippen LogP contribution < -0.4 is 5.32 Å². The van der Waals surface area contributed by atoms with Gasteiger partial charge in [0.05, 0.1) is 0 Å². The summed E-state index contributed by atoms with van der Waals surface area (Å²) >= 11 is 6.85. The van der Waals surface area contributed by atoms with Crippen LogP contribution in [0.1, 0.15) is 49.8 Å². The van der Waals surface area contributed by atoms with Crippen molar-refractivity contribution in [2.45, 2.75) is 46.1 Å². The fourth-order valence-electron chi connectivity index (χ4n) is 3.94. The molecule has 104 valence electrons. The van der Waals surface area contributed by atoms with E-state index < -0.39 is 0 Å². The highest BCUT2D eigenvalue weighted by Crippen LogP contribution is 2.65. The Morgan fingerprint density at radius 2 is 2.16 bits per heavy atom. The third-order valence-corrected chi connectivity index (χ3v) is 6.71. The Kier molecular flexibility index (Phi) is 2.91. The molecule has 0 radical (unpaired) electrons. The molecule has 2 aliphatic carbocycles. The van der Waals surface area contributed by atoms with Crippen LogP contribution in [0, 0.1) is 16.7 Å². The minimum atomic E-state index is -0.140. The fourth-order valence-corrected chi connectivity index (χ4v) is 4.67. The average Bonchev–Trinajstić information content (AvgIpc) is 2.91. The van der Waals surface area contributed by atoms with E-state index in [1.807, 2.05) is 0 Å². The summed E-state index contributed by atoms with van der Waals surface area (Å²) in [6.45, 7) is 6.97. The second-order valence-electron chi connectivity index (χ2n) is 6.50. The first kappa shape index (κ1) is 13.3. The van der Waals surface area contributed by atoms with Gasteiger partial charge in [-0.05, 0) is 47.6 Å². The quantitative estimate of drug-likeness (QED) is 0.913. The predicted molar refractivity (Wildman–Crippen MR) is 75.4 cm³/mol. The smallest absolute Gasteiger partial charge is 0.282 e. The zero-order valence-corrected chi connectivity index (χ0v) is 12.9. The van der Waals surface area contributed by atoms with E-state index in [-0.39, 0.29) is 17.4 Å². The summed E-state index contributed by atoms with van der Waals surface area (Å²) in [6.07, 6.45) is 3.54. The van der Waals surface area contributed by atoms with E-state index in [4.69, 9.17) is 11.6 Å². The van der Waals surface area contributed by atoms with Gasteiger partial charge in [-0.3, -0.25) is 4.79 Å². The lowest BCUT2D eigenvalue weighted by atomic mass is 9.69. The molecule has 1 N–H and O–H groups in total. The SMILES string of the molecule is CC1(C)C2CCC1(C)C(NC(=O)c1nnc(Cl)s1)C2. The third-order valence-electron chi connectivity index (χ3n) is 5.69. The Labute approximate surface area is 121 Å². The molecular formula is C13H18ClN3OS. The zero-order chi connectivity index (χ0) is 13.8. The first-order valence-corrected chi connectivity index (χ1v) is 7.84. The molecule has 2 aliphatic rings. The number of rotatable bonds is 2. The van der Waals surface area contributed by atoms with Crippen LogP contribution in [0.25, 0.3) is 0 Å². The van der Waals surface area contributed by atoms with Crippen LogP contribution in [-0.2, 0) is 0 Å². The maximum absolute atomic E-state index is 12.2. The number of amides is 1. The van der Waals surface area contributed by atoms with Crippen LogP contribution in [0.5, 0.6) is 0 Å². The lowest BCUT2D eigenvalue weighted by Crippen LogP contribution is -2.46. The summed E-state index contributed by atoms with van der Waals surface area (Å²) in [4.78, 5) is 12.2. The molecule has 1 aromatic rings. The highest BCUT2D eigenvalue weighted by molar-refractivity contribution is 7.17. The molecule has 2 saturated carbocycles. The summed E-state index contributed by atoms with van der Waals surface area (Å²) < 4.78 is 0.310. The monoisotopic (exact) mass is 299 g/mol.